The molecule has 19 heavy (non-hydrogen) atoms. The average molecular weight is 266 g/mol. The molecule has 2 rings (SSSR count). The fourth-order valence-corrected chi connectivity index (χ4v) is 3.34. The van der Waals surface area contributed by atoms with Gasteiger partial charge in [0.25, 0.3) is 0 Å². The standard InChI is InChI=1S/C15H26N2O2/c1-4-10(2)17-14(18)9-13(15(17)19)16-11(3)12-7-5-6-8-12/h10-13,16H,4-9H2,1-3H3. The van der Waals surface area contributed by atoms with Gasteiger partial charge in [-0.3, -0.25) is 14.5 Å². The lowest BCUT2D eigenvalue weighted by Crippen LogP contribution is -2.46. The molecular weight excluding hydrogens is 240 g/mol. The van der Waals surface area contributed by atoms with Crippen LogP contribution in [0.2, 0.25) is 0 Å². The highest BCUT2D eigenvalue weighted by Gasteiger charge is 2.41. The maximum absolute atomic E-state index is 12.3. The highest BCUT2D eigenvalue weighted by atomic mass is 16.2. The van der Waals surface area contributed by atoms with Crippen LogP contribution in [-0.4, -0.2) is 34.8 Å². The highest BCUT2D eigenvalue weighted by Crippen LogP contribution is 2.28. The summed E-state index contributed by atoms with van der Waals surface area (Å²) < 4.78 is 0. The Morgan fingerprint density at radius 1 is 1.26 bits per heavy atom. The number of carbonyl (C=O) groups is 2. The zero-order chi connectivity index (χ0) is 14.0. The summed E-state index contributed by atoms with van der Waals surface area (Å²) >= 11 is 0. The SMILES string of the molecule is CCC(C)N1C(=O)CC(NC(C)C2CCCC2)C1=O. The van der Waals surface area contributed by atoms with Crippen molar-refractivity contribution in [2.24, 2.45) is 5.92 Å². The number of nitrogens with zero attached hydrogens (tertiary/aromatic N) is 1. The van der Waals surface area contributed by atoms with Crippen molar-refractivity contribution in [2.75, 3.05) is 0 Å². The van der Waals surface area contributed by atoms with Gasteiger partial charge in [0.15, 0.2) is 0 Å². The molecule has 1 saturated heterocycles. The fraction of sp³-hybridized carbons (Fsp3) is 0.867. The van der Waals surface area contributed by atoms with Gasteiger partial charge in [0.1, 0.15) is 0 Å². The van der Waals surface area contributed by atoms with Crippen LogP contribution in [0.4, 0.5) is 0 Å². The van der Waals surface area contributed by atoms with E-state index in [1.165, 1.54) is 30.6 Å². The maximum atomic E-state index is 12.3. The Kier molecular flexibility index (Phi) is 4.61. The topological polar surface area (TPSA) is 49.4 Å². The molecule has 0 aromatic carbocycles. The molecule has 4 nitrogen and oxygen atoms in total. The van der Waals surface area contributed by atoms with Crippen LogP contribution in [0.15, 0.2) is 0 Å². The first kappa shape index (κ1) is 14.5. The van der Waals surface area contributed by atoms with E-state index in [2.05, 4.69) is 12.2 Å². The van der Waals surface area contributed by atoms with Crippen molar-refractivity contribution in [3.05, 3.63) is 0 Å². The summed E-state index contributed by atoms with van der Waals surface area (Å²) in [6, 6.07) is 0.0619. The van der Waals surface area contributed by atoms with Crippen molar-refractivity contribution in [1.29, 1.82) is 0 Å². The van der Waals surface area contributed by atoms with E-state index < -0.39 is 0 Å². The molecule has 2 aliphatic rings. The molecule has 1 N–H and O–H groups in total. The molecule has 3 unspecified atom stereocenters. The van der Waals surface area contributed by atoms with Crippen molar-refractivity contribution in [1.82, 2.24) is 10.2 Å². The van der Waals surface area contributed by atoms with Gasteiger partial charge in [-0.05, 0) is 39.0 Å². The van der Waals surface area contributed by atoms with Crippen LogP contribution >= 0.6 is 0 Å². The Bertz CT molecular complexity index is 350. The zero-order valence-electron chi connectivity index (χ0n) is 12.3. The Balaban J connectivity index is 1.94. The second kappa shape index (κ2) is 6.04. The zero-order valence-corrected chi connectivity index (χ0v) is 12.3. The Morgan fingerprint density at radius 2 is 1.89 bits per heavy atom. The molecule has 1 heterocycles. The van der Waals surface area contributed by atoms with E-state index in [-0.39, 0.29) is 23.9 Å². The maximum Gasteiger partial charge on any atom is 0.247 e. The molecule has 0 spiro atoms. The lowest BCUT2D eigenvalue weighted by Gasteiger charge is -2.25. The van der Waals surface area contributed by atoms with Crippen molar-refractivity contribution >= 4 is 11.8 Å². The largest absolute Gasteiger partial charge is 0.303 e. The second-order valence-electron chi connectivity index (χ2n) is 6.12. The van der Waals surface area contributed by atoms with E-state index >= 15 is 0 Å². The van der Waals surface area contributed by atoms with Crippen molar-refractivity contribution in [3.63, 3.8) is 0 Å². The molecule has 1 aliphatic carbocycles. The number of carbonyl (C=O) groups excluding carboxylic acids is 2. The smallest absolute Gasteiger partial charge is 0.247 e. The van der Waals surface area contributed by atoms with E-state index in [9.17, 15) is 9.59 Å². The van der Waals surface area contributed by atoms with E-state index in [1.807, 2.05) is 13.8 Å². The number of imide groups is 1. The van der Waals surface area contributed by atoms with Gasteiger partial charge in [-0.15, -0.1) is 0 Å². The lowest BCUT2D eigenvalue weighted by atomic mass is 9.99. The third-order valence-corrected chi connectivity index (χ3v) is 4.79. The number of nitrogens with one attached hydrogen (secondary N) is 1. The van der Waals surface area contributed by atoms with Gasteiger partial charge in [0, 0.05) is 12.1 Å². The summed E-state index contributed by atoms with van der Waals surface area (Å²) in [6.07, 6.45) is 6.25. The lowest BCUT2D eigenvalue weighted by molar-refractivity contribution is -0.141. The van der Waals surface area contributed by atoms with Crippen molar-refractivity contribution in [2.45, 2.75) is 77.4 Å². The molecule has 1 aliphatic heterocycles. The van der Waals surface area contributed by atoms with Crippen LogP contribution < -0.4 is 5.32 Å². The molecule has 108 valence electrons. The predicted octanol–water partition coefficient (Wildman–Crippen LogP) is 2.08. The van der Waals surface area contributed by atoms with Gasteiger partial charge >= 0.3 is 0 Å². The van der Waals surface area contributed by atoms with E-state index in [0.717, 1.165) is 6.42 Å². The van der Waals surface area contributed by atoms with Crippen LogP contribution in [0.5, 0.6) is 0 Å². The summed E-state index contributed by atoms with van der Waals surface area (Å²) in [4.78, 5) is 25.7. The van der Waals surface area contributed by atoms with Crippen LogP contribution in [0, 0.1) is 5.92 Å². The first-order valence-electron chi connectivity index (χ1n) is 7.66. The van der Waals surface area contributed by atoms with Gasteiger partial charge in [0.05, 0.1) is 12.5 Å². The van der Waals surface area contributed by atoms with E-state index in [0.29, 0.717) is 18.4 Å². The first-order valence-corrected chi connectivity index (χ1v) is 7.66. The van der Waals surface area contributed by atoms with Crippen LogP contribution in [0.1, 0.15) is 59.3 Å². The van der Waals surface area contributed by atoms with Gasteiger partial charge in [0.2, 0.25) is 11.8 Å². The summed E-state index contributed by atoms with van der Waals surface area (Å²) in [6.45, 7) is 6.10. The quantitative estimate of drug-likeness (QED) is 0.775. The summed E-state index contributed by atoms with van der Waals surface area (Å²) in [5.74, 6) is 0.625. The highest BCUT2D eigenvalue weighted by molar-refractivity contribution is 6.05. The number of likely N-dealkylation sites (tertiary alicyclic amines) is 1. The minimum atomic E-state index is -0.294. The number of hydrogen-bond acceptors (Lipinski definition) is 3. The van der Waals surface area contributed by atoms with Crippen LogP contribution in [0.3, 0.4) is 0 Å². The minimum absolute atomic E-state index is 0.0181. The van der Waals surface area contributed by atoms with Crippen molar-refractivity contribution in [3.8, 4) is 0 Å². The molecule has 1 saturated carbocycles. The van der Waals surface area contributed by atoms with E-state index in [1.54, 1.807) is 0 Å². The molecule has 0 aromatic rings. The predicted molar refractivity (Wildman–Crippen MR) is 74.6 cm³/mol. The third-order valence-electron chi connectivity index (χ3n) is 4.79. The third kappa shape index (κ3) is 2.99. The second-order valence-corrected chi connectivity index (χ2v) is 6.12. The van der Waals surface area contributed by atoms with Crippen LogP contribution in [0.25, 0.3) is 0 Å². The number of rotatable bonds is 5. The average Bonchev–Trinajstić information content (AvgIpc) is 2.98. The van der Waals surface area contributed by atoms with Crippen molar-refractivity contribution < 1.29 is 9.59 Å². The normalized spacial score (nSPS) is 28.2. The van der Waals surface area contributed by atoms with E-state index in [4.69, 9.17) is 0 Å². The molecule has 3 atom stereocenters. The molecule has 2 amide bonds. The monoisotopic (exact) mass is 266 g/mol. The molecule has 4 heteroatoms. The number of amides is 2. The van der Waals surface area contributed by atoms with Gasteiger partial charge < -0.3 is 5.32 Å². The summed E-state index contributed by atoms with van der Waals surface area (Å²) in [5.41, 5.74) is 0. The Morgan fingerprint density at radius 3 is 2.47 bits per heavy atom. The van der Waals surface area contributed by atoms with Gasteiger partial charge in [-0.25, -0.2) is 0 Å². The van der Waals surface area contributed by atoms with Crippen LogP contribution in [-0.2, 0) is 9.59 Å². The summed E-state index contributed by atoms with van der Waals surface area (Å²) in [5, 5.41) is 3.40. The summed E-state index contributed by atoms with van der Waals surface area (Å²) in [7, 11) is 0. The number of hydrogen-bond donors (Lipinski definition) is 1. The van der Waals surface area contributed by atoms with Gasteiger partial charge in [-0.1, -0.05) is 19.8 Å². The molecule has 0 aromatic heterocycles. The molecule has 0 radical (unpaired) electrons. The minimum Gasteiger partial charge on any atom is -0.303 e. The molecule has 0 bridgehead atoms. The molecule has 2 fully saturated rings. The fourth-order valence-electron chi connectivity index (χ4n) is 3.34. The Hall–Kier alpha value is -0.900. The first-order chi connectivity index (χ1) is 9.04. The Labute approximate surface area is 115 Å². The van der Waals surface area contributed by atoms with Gasteiger partial charge in [-0.2, -0.15) is 0 Å². The molecular formula is C15H26N2O2.